The highest BCUT2D eigenvalue weighted by Gasteiger charge is 2.14. The van der Waals surface area contributed by atoms with Gasteiger partial charge in [0.1, 0.15) is 11.0 Å². The molecular weight excluding hydrogens is 344 g/mol. The van der Waals surface area contributed by atoms with Crippen LogP contribution in [0.2, 0.25) is 0 Å². The number of carbonyl (C=O) groups is 1. The minimum atomic E-state index is -0.138. The zero-order valence-corrected chi connectivity index (χ0v) is 15.1. The molecule has 1 amide bonds. The van der Waals surface area contributed by atoms with Gasteiger partial charge in [0.25, 0.3) is 5.91 Å². The van der Waals surface area contributed by atoms with E-state index in [0.29, 0.717) is 12.1 Å². The first kappa shape index (κ1) is 16.7. The predicted octanol–water partition coefficient (Wildman–Crippen LogP) is 2.48. The standard InChI is InChI=1S/C20H18N4OS/c25-20(16-7-8-18-19(13-16)23-26-22-18)21-10-3-4-11-24-12-9-15-5-1-2-6-17(15)14-24/h1-2,5-8,13H,9-12,14H2,(H,21,25). The molecule has 0 spiro atoms. The number of benzene rings is 2. The Morgan fingerprint density at radius 3 is 2.88 bits per heavy atom. The van der Waals surface area contributed by atoms with Crippen LogP contribution in [0.25, 0.3) is 11.0 Å². The van der Waals surface area contributed by atoms with E-state index in [1.165, 1.54) is 11.1 Å². The maximum Gasteiger partial charge on any atom is 0.252 e. The van der Waals surface area contributed by atoms with Gasteiger partial charge in [-0.05, 0) is 35.7 Å². The van der Waals surface area contributed by atoms with Gasteiger partial charge < -0.3 is 5.32 Å². The van der Waals surface area contributed by atoms with E-state index in [1.807, 2.05) is 6.07 Å². The van der Waals surface area contributed by atoms with Crippen molar-refractivity contribution in [3.8, 4) is 11.8 Å². The Bertz CT molecular complexity index is 1000. The van der Waals surface area contributed by atoms with E-state index in [1.54, 1.807) is 12.1 Å². The van der Waals surface area contributed by atoms with Crippen LogP contribution in [0, 0.1) is 11.8 Å². The van der Waals surface area contributed by atoms with Crippen LogP contribution < -0.4 is 5.32 Å². The van der Waals surface area contributed by atoms with Crippen LogP contribution in [0.4, 0.5) is 0 Å². The van der Waals surface area contributed by atoms with Crippen molar-refractivity contribution in [3.05, 3.63) is 59.2 Å². The second-order valence-corrected chi connectivity index (χ2v) is 6.76. The van der Waals surface area contributed by atoms with Crippen molar-refractivity contribution in [1.29, 1.82) is 0 Å². The fraction of sp³-hybridized carbons (Fsp3) is 0.250. The van der Waals surface area contributed by atoms with E-state index in [2.05, 4.69) is 55.1 Å². The molecule has 1 aliphatic rings. The summed E-state index contributed by atoms with van der Waals surface area (Å²) in [5.74, 6) is 6.06. The lowest BCUT2D eigenvalue weighted by Crippen LogP contribution is -2.31. The lowest BCUT2D eigenvalue weighted by Gasteiger charge is -2.26. The summed E-state index contributed by atoms with van der Waals surface area (Å²) in [4.78, 5) is 14.5. The van der Waals surface area contributed by atoms with Gasteiger partial charge >= 0.3 is 0 Å². The number of hydrogen-bond acceptors (Lipinski definition) is 5. The SMILES string of the molecule is O=C(NCC#CCN1CCc2ccccc2C1)c1ccc2nsnc2c1. The first-order chi connectivity index (χ1) is 12.8. The third kappa shape index (κ3) is 3.74. The lowest BCUT2D eigenvalue weighted by atomic mass is 10.0. The summed E-state index contributed by atoms with van der Waals surface area (Å²) in [6.45, 7) is 3.04. The summed E-state index contributed by atoms with van der Waals surface area (Å²) >= 11 is 1.15. The largest absolute Gasteiger partial charge is 0.341 e. The van der Waals surface area contributed by atoms with Crippen LogP contribution in [0.15, 0.2) is 42.5 Å². The molecule has 1 aromatic heterocycles. The summed E-state index contributed by atoms with van der Waals surface area (Å²) in [5, 5.41) is 2.83. The van der Waals surface area contributed by atoms with E-state index >= 15 is 0 Å². The molecule has 2 aromatic carbocycles. The summed E-state index contributed by atoms with van der Waals surface area (Å²) in [6, 6.07) is 13.9. The molecule has 0 saturated heterocycles. The quantitative estimate of drug-likeness (QED) is 0.728. The number of nitrogens with one attached hydrogen (secondary N) is 1. The highest BCUT2D eigenvalue weighted by Crippen LogP contribution is 2.17. The average molecular weight is 362 g/mol. The molecule has 3 aromatic rings. The van der Waals surface area contributed by atoms with Crippen LogP contribution in [-0.2, 0) is 13.0 Å². The monoisotopic (exact) mass is 362 g/mol. The molecule has 26 heavy (non-hydrogen) atoms. The third-order valence-electron chi connectivity index (χ3n) is 4.49. The van der Waals surface area contributed by atoms with Gasteiger partial charge in [-0.1, -0.05) is 36.1 Å². The van der Waals surface area contributed by atoms with E-state index in [9.17, 15) is 4.79 Å². The van der Waals surface area contributed by atoms with E-state index < -0.39 is 0 Å². The van der Waals surface area contributed by atoms with E-state index in [-0.39, 0.29) is 5.91 Å². The van der Waals surface area contributed by atoms with Gasteiger partial charge in [-0.25, -0.2) is 0 Å². The molecule has 0 atom stereocenters. The molecule has 1 aliphatic heterocycles. The van der Waals surface area contributed by atoms with Crippen LogP contribution in [0.5, 0.6) is 0 Å². The van der Waals surface area contributed by atoms with Crippen LogP contribution >= 0.6 is 11.7 Å². The number of hydrogen-bond donors (Lipinski definition) is 1. The van der Waals surface area contributed by atoms with Crippen molar-refractivity contribution in [2.24, 2.45) is 0 Å². The Balaban J connectivity index is 1.27. The fourth-order valence-corrected chi connectivity index (χ4v) is 3.59. The van der Waals surface area contributed by atoms with Gasteiger partial charge in [-0.15, -0.1) is 0 Å². The summed E-state index contributed by atoms with van der Waals surface area (Å²) < 4.78 is 8.29. The lowest BCUT2D eigenvalue weighted by molar-refractivity contribution is 0.0959. The Morgan fingerprint density at radius 2 is 1.96 bits per heavy atom. The summed E-state index contributed by atoms with van der Waals surface area (Å²) in [7, 11) is 0. The average Bonchev–Trinajstić information content (AvgIpc) is 3.15. The van der Waals surface area contributed by atoms with Gasteiger partial charge in [0.15, 0.2) is 0 Å². The Kier molecular flexibility index (Phi) is 4.91. The van der Waals surface area contributed by atoms with Crippen LogP contribution in [0.1, 0.15) is 21.5 Å². The third-order valence-corrected chi connectivity index (χ3v) is 5.05. The molecule has 4 rings (SSSR count). The first-order valence-electron chi connectivity index (χ1n) is 8.55. The Hall–Kier alpha value is -2.75. The number of carbonyl (C=O) groups excluding carboxylic acids is 1. The van der Waals surface area contributed by atoms with E-state index in [0.717, 1.165) is 48.8 Å². The number of aromatic nitrogens is 2. The summed E-state index contributed by atoms with van der Waals surface area (Å²) in [6.07, 6.45) is 1.07. The molecule has 2 heterocycles. The van der Waals surface area contributed by atoms with Gasteiger partial charge in [-0.2, -0.15) is 8.75 Å². The van der Waals surface area contributed by atoms with Crippen molar-refractivity contribution in [2.75, 3.05) is 19.6 Å². The summed E-state index contributed by atoms with van der Waals surface area (Å²) in [5.41, 5.74) is 4.98. The van der Waals surface area contributed by atoms with Crippen molar-refractivity contribution >= 4 is 28.7 Å². The number of nitrogens with zero attached hydrogens (tertiary/aromatic N) is 3. The molecule has 0 aliphatic carbocycles. The van der Waals surface area contributed by atoms with Gasteiger partial charge in [0.05, 0.1) is 24.8 Å². The molecule has 0 saturated carbocycles. The number of fused-ring (bicyclic) bond motifs is 2. The van der Waals surface area contributed by atoms with Crippen LogP contribution in [-0.4, -0.2) is 39.2 Å². The van der Waals surface area contributed by atoms with Gasteiger partial charge in [0.2, 0.25) is 0 Å². The van der Waals surface area contributed by atoms with Crippen molar-refractivity contribution in [2.45, 2.75) is 13.0 Å². The molecule has 1 N–H and O–H groups in total. The van der Waals surface area contributed by atoms with Gasteiger partial charge in [-0.3, -0.25) is 9.69 Å². The minimum absolute atomic E-state index is 0.138. The first-order valence-corrected chi connectivity index (χ1v) is 9.28. The van der Waals surface area contributed by atoms with Crippen LogP contribution in [0.3, 0.4) is 0 Å². The fourth-order valence-electron chi connectivity index (χ4n) is 3.07. The zero-order chi connectivity index (χ0) is 17.8. The van der Waals surface area contributed by atoms with Crippen molar-refractivity contribution in [3.63, 3.8) is 0 Å². The smallest absolute Gasteiger partial charge is 0.252 e. The maximum atomic E-state index is 12.2. The normalized spacial score (nSPS) is 13.7. The van der Waals surface area contributed by atoms with E-state index in [4.69, 9.17) is 0 Å². The van der Waals surface area contributed by atoms with Crippen molar-refractivity contribution in [1.82, 2.24) is 19.0 Å². The molecule has 0 fully saturated rings. The van der Waals surface area contributed by atoms with Crippen molar-refractivity contribution < 1.29 is 4.79 Å². The molecule has 0 radical (unpaired) electrons. The second kappa shape index (κ2) is 7.65. The Morgan fingerprint density at radius 1 is 1.12 bits per heavy atom. The Labute approximate surface area is 156 Å². The molecule has 6 heteroatoms. The highest BCUT2D eigenvalue weighted by molar-refractivity contribution is 7.00. The molecule has 130 valence electrons. The minimum Gasteiger partial charge on any atom is -0.341 e. The highest BCUT2D eigenvalue weighted by atomic mass is 32.1. The number of rotatable bonds is 3. The maximum absolute atomic E-state index is 12.2. The molecular formula is C20H18N4OS. The zero-order valence-electron chi connectivity index (χ0n) is 14.2. The molecule has 0 unspecified atom stereocenters. The van der Waals surface area contributed by atoms with Gasteiger partial charge in [0, 0.05) is 18.7 Å². The predicted molar refractivity (Wildman–Crippen MR) is 103 cm³/mol. The molecule has 5 nitrogen and oxygen atoms in total. The topological polar surface area (TPSA) is 58.1 Å². The second-order valence-electron chi connectivity index (χ2n) is 6.23. The number of amides is 1. The molecule has 0 bridgehead atoms.